The average Bonchev–Trinajstić information content (AvgIpc) is 3.15. The largest absolute Gasteiger partial charge is 0.495 e. The number of ether oxygens (including phenoxy) is 2. The van der Waals surface area contributed by atoms with Crippen molar-refractivity contribution in [3.8, 4) is 5.75 Å². The Morgan fingerprint density at radius 1 is 1.27 bits per heavy atom. The molecule has 0 saturated carbocycles. The third-order valence-corrected chi connectivity index (χ3v) is 6.15. The van der Waals surface area contributed by atoms with Crippen LogP contribution in [0.3, 0.4) is 0 Å². The number of hydrogen-bond donors (Lipinski definition) is 1. The minimum absolute atomic E-state index is 0.296. The molecule has 0 aliphatic carbocycles. The number of fused-ring (bicyclic) bond motifs is 3. The Morgan fingerprint density at radius 2 is 2.03 bits per heavy atom. The number of halogens is 1. The zero-order chi connectivity index (χ0) is 21.6. The third kappa shape index (κ3) is 3.24. The highest BCUT2D eigenvalue weighted by Gasteiger charge is 2.56. The van der Waals surface area contributed by atoms with E-state index in [1.54, 1.807) is 20.2 Å². The van der Waals surface area contributed by atoms with E-state index < -0.39 is 36.7 Å². The summed E-state index contributed by atoms with van der Waals surface area (Å²) in [6.45, 7) is 1.03. The van der Waals surface area contributed by atoms with Crippen LogP contribution in [0.1, 0.15) is 6.42 Å². The predicted molar refractivity (Wildman–Crippen MR) is 108 cm³/mol. The van der Waals surface area contributed by atoms with Gasteiger partial charge in [0.1, 0.15) is 30.8 Å². The maximum Gasteiger partial charge on any atom is 0.328 e. The second-order valence-corrected chi connectivity index (χ2v) is 7.83. The molecule has 3 heterocycles. The quantitative estimate of drug-likeness (QED) is 0.681. The van der Waals surface area contributed by atoms with Crippen LogP contribution in [0.5, 0.6) is 5.75 Å². The van der Waals surface area contributed by atoms with Gasteiger partial charge in [-0.1, -0.05) is 11.6 Å². The highest BCUT2D eigenvalue weighted by molar-refractivity contribution is 6.32. The highest BCUT2D eigenvalue weighted by Crippen LogP contribution is 2.35. The standard InChI is InChI=1S/C19H24ClN5O5/c1-22-16-15(17(27)25(19(22)28)10-14(26)30-3)24-8-4-7-23(18(24)21-16)11-5-6-13(29-2)12(20)9-11/h5-6,9,15-16,18,21H,4,7-8,10H2,1-3H3. The molecule has 3 fully saturated rings. The molecule has 3 aliphatic heterocycles. The van der Waals surface area contributed by atoms with Crippen molar-refractivity contribution in [2.24, 2.45) is 0 Å². The second kappa shape index (κ2) is 7.93. The van der Waals surface area contributed by atoms with E-state index in [0.717, 1.165) is 23.6 Å². The van der Waals surface area contributed by atoms with Crippen molar-refractivity contribution < 1.29 is 23.9 Å². The normalized spacial score (nSPS) is 26.5. The number of methoxy groups -OCH3 is 2. The molecule has 1 aromatic carbocycles. The Balaban J connectivity index is 1.63. The van der Waals surface area contributed by atoms with Crippen LogP contribution < -0.4 is 15.0 Å². The average molecular weight is 438 g/mol. The van der Waals surface area contributed by atoms with Crippen LogP contribution in [0.25, 0.3) is 0 Å². The molecule has 162 valence electrons. The van der Waals surface area contributed by atoms with Crippen LogP contribution in [0.15, 0.2) is 18.2 Å². The van der Waals surface area contributed by atoms with E-state index in [2.05, 4.69) is 15.0 Å². The van der Waals surface area contributed by atoms with E-state index in [1.165, 1.54) is 12.0 Å². The van der Waals surface area contributed by atoms with Crippen molar-refractivity contribution in [3.05, 3.63) is 23.2 Å². The Labute approximate surface area is 179 Å². The van der Waals surface area contributed by atoms with Gasteiger partial charge in [0.15, 0.2) is 0 Å². The van der Waals surface area contributed by atoms with Crippen molar-refractivity contribution in [2.75, 3.05) is 45.8 Å². The lowest BCUT2D eigenvalue weighted by Crippen LogP contribution is -2.67. The van der Waals surface area contributed by atoms with E-state index in [4.69, 9.17) is 16.3 Å². The van der Waals surface area contributed by atoms with Crippen molar-refractivity contribution in [1.82, 2.24) is 20.0 Å². The van der Waals surface area contributed by atoms with Crippen molar-refractivity contribution in [1.29, 1.82) is 0 Å². The molecule has 10 nitrogen and oxygen atoms in total. The SMILES string of the molecule is COC(=O)CN1C(=O)C2C(NC3N(c4ccc(OC)c(Cl)c4)CCCN23)N(C)C1=O. The van der Waals surface area contributed by atoms with Crippen LogP contribution >= 0.6 is 11.6 Å². The van der Waals surface area contributed by atoms with Crippen LogP contribution in [0.2, 0.25) is 5.02 Å². The summed E-state index contributed by atoms with van der Waals surface area (Å²) < 4.78 is 9.88. The van der Waals surface area contributed by atoms with E-state index in [0.29, 0.717) is 17.3 Å². The molecule has 3 unspecified atom stereocenters. The summed E-state index contributed by atoms with van der Waals surface area (Å²) >= 11 is 6.32. The smallest absolute Gasteiger partial charge is 0.328 e. The molecule has 30 heavy (non-hydrogen) atoms. The van der Waals surface area contributed by atoms with Gasteiger partial charge in [0.05, 0.1) is 19.2 Å². The number of imide groups is 1. The molecule has 3 amide bonds. The molecule has 0 spiro atoms. The van der Waals surface area contributed by atoms with Crippen molar-refractivity contribution in [3.63, 3.8) is 0 Å². The van der Waals surface area contributed by atoms with Crippen LogP contribution in [-0.2, 0) is 14.3 Å². The van der Waals surface area contributed by atoms with Crippen molar-refractivity contribution in [2.45, 2.75) is 24.9 Å². The maximum atomic E-state index is 13.2. The molecule has 11 heteroatoms. The molecule has 4 rings (SSSR count). The van der Waals surface area contributed by atoms with Gasteiger partial charge in [0, 0.05) is 25.8 Å². The van der Waals surface area contributed by atoms with E-state index in [1.807, 2.05) is 17.0 Å². The number of anilines is 1. The van der Waals surface area contributed by atoms with Gasteiger partial charge in [0.2, 0.25) is 0 Å². The molecule has 3 saturated heterocycles. The van der Waals surface area contributed by atoms with Crippen LogP contribution in [0, 0.1) is 0 Å². The number of likely N-dealkylation sites (N-methyl/N-ethyl adjacent to an activating group) is 1. The van der Waals surface area contributed by atoms with Gasteiger partial charge in [-0.15, -0.1) is 0 Å². The first-order valence-corrected chi connectivity index (χ1v) is 10.0. The summed E-state index contributed by atoms with van der Waals surface area (Å²) in [6, 6.07) is 4.42. The maximum absolute atomic E-state index is 13.2. The first-order valence-electron chi connectivity index (χ1n) is 9.64. The Morgan fingerprint density at radius 3 is 2.70 bits per heavy atom. The summed E-state index contributed by atoms with van der Waals surface area (Å²) in [5.41, 5.74) is 0.884. The first-order chi connectivity index (χ1) is 14.4. The van der Waals surface area contributed by atoms with Gasteiger partial charge in [-0.25, -0.2) is 4.79 Å². The number of amides is 3. The molecule has 0 aromatic heterocycles. The number of nitrogens with zero attached hydrogens (tertiary/aromatic N) is 4. The van der Waals surface area contributed by atoms with Gasteiger partial charge in [-0.2, -0.15) is 0 Å². The summed E-state index contributed by atoms with van der Waals surface area (Å²) in [5.74, 6) is -0.460. The third-order valence-electron chi connectivity index (χ3n) is 5.85. The van der Waals surface area contributed by atoms with Crippen LogP contribution in [0.4, 0.5) is 10.5 Å². The van der Waals surface area contributed by atoms with Gasteiger partial charge >= 0.3 is 12.0 Å². The Hall–Kier alpha value is -2.56. The number of urea groups is 1. The van der Waals surface area contributed by atoms with Crippen molar-refractivity contribution >= 4 is 35.2 Å². The summed E-state index contributed by atoms with van der Waals surface area (Å²) in [6.07, 6.45) is 0.0289. The fourth-order valence-electron chi connectivity index (χ4n) is 4.36. The van der Waals surface area contributed by atoms with Gasteiger partial charge in [0.25, 0.3) is 5.91 Å². The second-order valence-electron chi connectivity index (χ2n) is 7.43. The first kappa shape index (κ1) is 20.7. The van der Waals surface area contributed by atoms with Crippen LogP contribution in [-0.4, -0.2) is 92.0 Å². The zero-order valence-corrected chi connectivity index (χ0v) is 17.8. The Kier molecular flexibility index (Phi) is 5.48. The van der Waals surface area contributed by atoms with Gasteiger partial charge in [-0.05, 0) is 24.6 Å². The van der Waals surface area contributed by atoms with E-state index in [9.17, 15) is 14.4 Å². The number of benzene rings is 1. The molecule has 1 N–H and O–H groups in total. The minimum Gasteiger partial charge on any atom is -0.495 e. The number of hydrogen-bond acceptors (Lipinski definition) is 8. The van der Waals surface area contributed by atoms with E-state index >= 15 is 0 Å². The molecule has 0 radical (unpaired) electrons. The molecule has 0 bridgehead atoms. The lowest BCUT2D eigenvalue weighted by molar-refractivity contribution is -0.149. The molecule has 3 aliphatic rings. The number of rotatable bonds is 4. The lowest BCUT2D eigenvalue weighted by Gasteiger charge is -2.43. The lowest BCUT2D eigenvalue weighted by atomic mass is 10.1. The number of carbonyl (C=O) groups excluding carboxylic acids is 3. The molecule has 3 atom stereocenters. The Bertz CT molecular complexity index is 883. The fraction of sp³-hybridized carbons (Fsp3) is 0.526. The van der Waals surface area contributed by atoms with Gasteiger partial charge < -0.3 is 19.3 Å². The number of carbonyl (C=O) groups is 3. The topological polar surface area (TPSA) is 94.7 Å². The fourth-order valence-corrected chi connectivity index (χ4v) is 4.61. The summed E-state index contributed by atoms with van der Waals surface area (Å²) in [7, 11) is 4.41. The number of esters is 1. The molecular weight excluding hydrogens is 414 g/mol. The molecule has 1 aromatic rings. The monoisotopic (exact) mass is 437 g/mol. The van der Waals surface area contributed by atoms with Gasteiger partial charge in [-0.3, -0.25) is 24.7 Å². The zero-order valence-electron chi connectivity index (χ0n) is 17.0. The minimum atomic E-state index is -0.640. The summed E-state index contributed by atoms with van der Waals surface area (Å²) in [5, 5.41) is 3.90. The molecular formula is C19H24ClN5O5. The number of nitrogens with one attached hydrogen (secondary N) is 1. The highest BCUT2D eigenvalue weighted by atomic mass is 35.5. The predicted octanol–water partition coefficient (Wildman–Crippen LogP) is 0.509. The van der Waals surface area contributed by atoms with E-state index in [-0.39, 0.29) is 6.29 Å². The summed E-state index contributed by atoms with van der Waals surface area (Å²) in [4.78, 5) is 44.2.